The molecule has 0 bridgehead atoms. The number of rotatable bonds is 4. The van der Waals surface area contributed by atoms with Crippen molar-refractivity contribution in [3.05, 3.63) is 82.2 Å². The number of fused-ring (bicyclic) bond motifs is 3. The van der Waals surface area contributed by atoms with Crippen LogP contribution in [0.3, 0.4) is 0 Å². The second kappa shape index (κ2) is 7.35. The lowest BCUT2D eigenvalue weighted by Crippen LogP contribution is -2.30. The molecule has 0 unspecified atom stereocenters. The fourth-order valence-electron chi connectivity index (χ4n) is 3.91. The van der Waals surface area contributed by atoms with Gasteiger partial charge in [0.2, 0.25) is 5.95 Å². The molecule has 0 radical (unpaired) electrons. The van der Waals surface area contributed by atoms with Gasteiger partial charge in [-0.25, -0.2) is 4.98 Å². The summed E-state index contributed by atoms with van der Waals surface area (Å²) in [6, 6.07) is 19.2. The standard InChI is InChI=1S/C23H20N4O2S/c1-14-20(22(28)25-16-9-4-6-11-18(16)29-2)21(19-12-7-13-30-19)27-17-10-5-3-8-15(17)26-23(27)24-14/h3-13,21H,1-2H3,(H,24,26)(H,25,28)/t21-/m1/s1. The maximum absolute atomic E-state index is 13.5. The molecule has 4 aromatic rings. The van der Waals surface area contributed by atoms with Crippen LogP contribution in [0.2, 0.25) is 0 Å². The number of benzene rings is 2. The van der Waals surface area contributed by atoms with Crippen LogP contribution in [0.5, 0.6) is 5.75 Å². The van der Waals surface area contributed by atoms with E-state index in [1.54, 1.807) is 18.4 Å². The topological polar surface area (TPSA) is 68.2 Å². The summed E-state index contributed by atoms with van der Waals surface area (Å²) in [5.74, 6) is 1.18. The molecule has 6 nitrogen and oxygen atoms in total. The lowest BCUT2D eigenvalue weighted by molar-refractivity contribution is -0.113. The van der Waals surface area contributed by atoms with E-state index in [1.807, 2.05) is 66.9 Å². The van der Waals surface area contributed by atoms with Crippen molar-refractivity contribution in [2.75, 3.05) is 17.7 Å². The number of nitrogens with zero attached hydrogens (tertiary/aromatic N) is 2. The van der Waals surface area contributed by atoms with Gasteiger partial charge < -0.3 is 15.4 Å². The highest BCUT2D eigenvalue weighted by atomic mass is 32.1. The van der Waals surface area contributed by atoms with Crippen molar-refractivity contribution >= 4 is 39.9 Å². The Hall–Kier alpha value is -3.58. The van der Waals surface area contributed by atoms with Gasteiger partial charge in [-0.1, -0.05) is 30.3 Å². The average molecular weight is 417 g/mol. The van der Waals surface area contributed by atoms with E-state index in [0.717, 1.165) is 27.6 Å². The maximum Gasteiger partial charge on any atom is 0.255 e. The largest absolute Gasteiger partial charge is 0.495 e. The second-order valence-electron chi connectivity index (χ2n) is 7.03. The average Bonchev–Trinajstić information content (AvgIpc) is 3.40. The molecule has 0 aliphatic carbocycles. The van der Waals surface area contributed by atoms with E-state index < -0.39 is 0 Å². The van der Waals surface area contributed by atoms with Crippen LogP contribution < -0.4 is 15.4 Å². The van der Waals surface area contributed by atoms with E-state index in [-0.39, 0.29) is 11.9 Å². The third-order valence-electron chi connectivity index (χ3n) is 5.24. The van der Waals surface area contributed by atoms with Crippen LogP contribution in [0.1, 0.15) is 17.8 Å². The molecule has 0 saturated carbocycles. The molecule has 3 heterocycles. The zero-order valence-corrected chi connectivity index (χ0v) is 17.4. The molecule has 1 amide bonds. The van der Waals surface area contributed by atoms with Crippen molar-refractivity contribution in [1.29, 1.82) is 0 Å². The Morgan fingerprint density at radius 2 is 1.93 bits per heavy atom. The number of para-hydroxylation sites is 4. The van der Waals surface area contributed by atoms with Gasteiger partial charge in [0.15, 0.2) is 0 Å². The SMILES string of the molecule is COc1ccccc1NC(=O)C1=C(C)Nc2nc3ccccc3n2[C@@H]1c1cccs1. The fraction of sp³-hybridized carbons (Fsp3) is 0.130. The van der Waals surface area contributed by atoms with E-state index in [1.165, 1.54) is 0 Å². The van der Waals surface area contributed by atoms with Crippen LogP contribution >= 0.6 is 11.3 Å². The minimum Gasteiger partial charge on any atom is -0.495 e. The molecule has 0 spiro atoms. The zero-order chi connectivity index (χ0) is 20.7. The number of aromatic nitrogens is 2. The van der Waals surface area contributed by atoms with Gasteiger partial charge in [-0.3, -0.25) is 9.36 Å². The van der Waals surface area contributed by atoms with E-state index in [2.05, 4.69) is 21.3 Å². The normalized spacial score (nSPS) is 15.6. The number of amides is 1. The number of hydrogen-bond acceptors (Lipinski definition) is 5. The lowest BCUT2D eigenvalue weighted by atomic mass is 9.99. The van der Waals surface area contributed by atoms with E-state index in [4.69, 9.17) is 9.72 Å². The molecule has 1 aliphatic rings. The van der Waals surface area contributed by atoms with Crippen molar-refractivity contribution in [2.24, 2.45) is 0 Å². The molecular formula is C23H20N4O2S. The van der Waals surface area contributed by atoms with Gasteiger partial charge in [0.1, 0.15) is 11.8 Å². The van der Waals surface area contributed by atoms with Gasteiger partial charge in [-0.15, -0.1) is 11.3 Å². The lowest BCUT2D eigenvalue weighted by Gasteiger charge is -2.30. The number of anilines is 2. The van der Waals surface area contributed by atoms with Gasteiger partial charge in [0.25, 0.3) is 5.91 Å². The number of ether oxygens (including phenoxy) is 1. The molecule has 1 aliphatic heterocycles. The first-order chi connectivity index (χ1) is 14.7. The Labute approximate surface area is 177 Å². The van der Waals surface area contributed by atoms with Crippen LogP contribution in [-0.2, 0) is 4.79 Å². The van der Waals surface area contributed by atoms with E-state index >= 15 is 0 Å². The first-order valence-corrected chi connectivity index (χ1v) is 10.5. The Morgan fingerprint density at radius 1 is 1.13 bits per heavy atom. The van der Waals surface area contributed by atoms with Gasteiger partial charge in [-0.2, -0.15) is 0 Å². The number of allylic oxidation sites excluding steroid dienone is 1. The number of nitrogens with one attached hydrogen (secondary N) is 2. The molecule has 2 N–H and O–H groups in total. The summed E-state index contributed by atoms with van der Waals surface area (Å²) in [6.07, 6.45) is 0. The predicted octanol–water partition coefficient (Wildman–Crippen LogP) is 5.03. The summed E-state index contributed by atoms with van der Waals surface area (Å²) in [7, 11) is 1.59. The van der Waals surface area contributed by atoms with E-state index in [0.29, 0.717) is 17.0 Å². The molecule has 5 rings (SSSR count). The summed E-state index contributed by atoms with van der Waals surface area (Å²) in [5.41, 5.74) is 3.94. The van der Waals surface area contributed by atoms with Crippen molar-refractivity contribution < 1.29 is 9.53 Å². The van der Waals surface area contributed by atoms with Crippen LogP contribution in [0, 0.1) is 0 Å². The monoisotopic (exact) mass is 416 g/mol. The quantitative estimate of drug-likeness (QED) is 0.489. The molecule has 1 atom stereocenters. The van der Waals surface area contributed by atoms with Crippen molar-refractivity contribution in [3.63, 3.8) is 0 Å². The number of methoxy groups -OCH3 is 1. The molecule has 7 heteroatoms. The highest BCUT2D eigenvalue weighted by Crippen LogP contribution is 2.41. The van der Waals surface area contributed by atoms with E-state index in [9.17, 15) is 4.79 Å². The zero-order valence-electron chi connectivity index (χ0n) is 16.5. The molecule has 150 valence electrons. The van der Waals surface area contributed by atoms with Crippen molar-refractivity contribution in [1.82, 2.24) is 9.55 Å². The van der Waals surface area contributed by atoms with Crippen LogP contribution in [0.4, 0.5) is 11.6 Å². The third kappa shape index (κ3) is 2.95. The summed E-state index contributed by atoms with van der Waals surface area (Å²) in [4.78, 5) is 19.3. The van der Waals surface area contributed by atoms with Gasteiger partial charge >= 0.3 is 0 Å². The van der Waals surface area contributed by atoms with Crippen LogP contribution in [-0.4, -0.2) is 22.6 Å². The molecule has 0 fully saturated rings. The molecule has 2 aromatic carbocycles. The fourth-order valence-corrected chi connectivity index (χ4v) is 4.74. The van der Waals surface area contributed by atoms with Crippen LogP contribution in [0.15, 0.2) is 77.3 Å². The Bertz CT molecular complexity index is 1270. The summed E-state index contributed by atoms with van der Waals surface area (Å²) < 4.78 is 7.50. The maximum atomic E-state index is 13.5. The summed E-state index contributed by atoms with van der Waals surface area (Å²) >= 11 is 1.63. The number of carbonyl (C=O) groups excluding carboxylic acids is 1. The Balaban J connectivity index is 1.64. The molecule has 0 saturated heterocycles. The number of carbonyl (C=O) groups is 1. The summed E-state index contributed by atoms with van der Waals surface area (Å²) in [5, 5.41) is 8.39. The molecule has 30 heavy (non-hydrogen) atoms. The molecular weight excluding hydrogens is 396 g/mol. The number of thiophene rings is 1. The minimum absolute atomic E-state index is 0.175. The predicted molar refractivity (Wildman–Crippen MR) is 120 cm³/mol. The Kier molecular flexibility index (Phi) is 4.52. The molecule has 2 aromatic heterocycles. The number of hydrogen-bond donors (Lipinski definition) is 2. The van der Waals surface area contributed by atoms with Crippen molar-refractivity contribution in [2.45, 2.75) is 13.0 Å². The Morgan fingerprint density at radius 3 is 2.73 bits per heavy atom. The van der Waals surface area contributed by atoms with Crippen molar-refractivity contribution in [3.8, 4) is 5.75 Å². The van der Waals surface area contributed by atoms with Crippen LogP contribution in [0.25, 0.3) is 11.0 Å². The third-order valence-corrected chi connectivity index (χ3v) is 6.17. The first kappa shape index (κ1) is 18.4. The van der Waals surface area contributed by atoms with Gasteiger partial charge in [0, 0.05) is 10.6 Å². The highest BCUT2D eigenvalue weighted by Gasteiger charge is 2.34. The van der Waals surface area contributed by atoms with Gasteiger partial charge in [0.05, 0.1) is 29.4 Å². The summed E-state index contributed by atoms with van der Waals surface area (Å²) in [6.45, 7) is 1.92. The highest BCUT2D eigenvalue weighted by molar-refractivity contribution is 7.10. The van der Waals surface area contributed by atoms with Gasteiger partial charge in [-0.05, 0) is 42.6 Å². The smallest absolute Gasteiger partial charge is 0.255 e. The minimum atomic E-state index is -0.275. The first-order valence-electron chi connectivity index (χ1n) is 9.60. The number of imidazole rings is 1. The second-order valence-corrected chi connectivity index (χ2v) is 8.01.